The highest BCUT2D eigenvalue weighted by molar-refractivity contribution is 5.93. The molecule has 76 valence electrons. The fourth-order valence-corrected chi connectivity index (χ4v) is 1.13. The van der Waals surface area contributed by atoms with E-state index in [0.29, 0.717) is 12.1 Å². The van der Waals surface area contributed by atoms with Crippen LogP contribution >= 0.6 is 0 Å². The smallest absolute Gasteiger partial charge is 0.258 e. The highest BCUT2D eigenvalue weighted by Gasteiger charge is 2.15. The Morgan fingerprint density at radius 1 is 1.43 bits per heavy atom. The highest BCUT2D eigenvalue weighted by Crippen LogP contribution is 2.08. The predicted octanol–water partition coefficient (Wildman–Crippen LogP) is 2.76. The number of carbonyl (C=O) groups excluding carboxylic acids is 1. The second-order valence-electron chi connectivity index (χ2n) is 3.11. The lowest BCUT2D eigenvalue weighted by molar-refractivity contribution is -0.121. The van der Waals surface area contributed by atoms with E-state index in [0.717, 1.165) is 0 Å². The molecular weight excluding hydrogens is 181 g/mol. The number of amides is 1. The minimum atomic E-state index is -1.40. The minimum absolute atomic E-state index is 0.276. The molecule has 0 radical (unpaired) electrons. The van der Waals surface area contributed by atoms with Crippen molar-refractivity contribution in [1.29, 1.82) is 0 Å². The van der Waals surface area contributed by atoms with Crippen LogP contribution in [0.4, 0.5) is 10.1 Å². The Morgan fingerprint density at radius 2 is 2.07 bits per heavy atom. The summed E-state index contributed by atoms with van der Waals surface area (Å²) in [7, 11) is 0. The second-order valence-corrected chi connectivity index (χ2v) is 3.11. The minimum Gasteiger partial charge on any atom is -0.324 e. The van der Waals surface area contributed by atoms with Crippen LogP contribution in [0, 0.1) is 0 Å². The van der Waals surface area contributed by atoms with E-state index in [4.69, 9.17) is 0 Å². The lowest BCUT2D eigenvalue weighted by atomic mass is 10.2. The van der Waals surface area contributed by atoms with Gasteiger partial charge in [0.15, 0.2) is 6.17 Å². The number of para-hydroxylation sites is 1. The summed E-state index contributed by atoms with van der Waals surface area (Å²) in [4.78, 5) is 11.2. The predicted molar refractivity (Wildman–Crippen MR) is 54.9 cm³/mol. The first kappa shape index (κ1) is 10.7. The largest absolute Gasteiger partial charge is 0.324 e. The van der Waals surface area contributed by atoms with Crippen molar-refractivity contribution < 1.29 is 9.18 Å². The number of carbonyl (C=O) groups is 1. The first-order chi connectivity index (χ1) is 6.74. The van der Waals surface area contributed by atoms with Crippen LogP contribution in [-0.2, 0) is 4.79 Å². The molecule has 1 unspecified atom stereocenters. The number of hydrogen-bond donors (Lipinski definition) is 1. The van der Waals surface area contributed by atoms with Crippen LogP contribution in [0.15, 0.2) is 30.3 Å². The fourth-order valence-electron chi connectivity index (χ4n) is 1.13. The quantitative estimate of drug-likeness (QED) is 0.786. The monoisotopic (exact) mass is 195 g/mol. The molecule has 0 spiro atoms. The van der Waals surface area contributed by atoms with E-state index < -0.39 is 12.1 Å². The van der Waals surface area contributed by atoms with Gasteiger partial charge in [0.05, 0.1) is 0 Å². The molecule has 1 amide bonds. The SMILES string of the molecule is CCCC(F)C(=O)Nc1ccccc1. The average molecular weight is 195 g/mol. The van der Waals surface area contributed by atoms with Crippen molar-refractivity contribution in [3.05, 3.63) is 30.3 Å². The van der Waals surface area contributed by atoms with Gasteiger partial charge >= 0.3 is 0 Å². The van der Waals surface area contributed by atoms with Crippen molar-refractivity contribution in [3.8, 4) is 0 Å². The Hall–Kier alpha value is -1.38. The van der Waals surface area contributed by atoms with Crippen LogP contribution < -0.4 is 5.32 Å². The van der Waals surface area contributed by atoms with Gasteiger partial charge in [-0.3, -0.25) is 4.79 Å². The van der Waals surface area contributed by atoms with Gasteiger partial charge in [0.1, 0.15) is 0 Å². The van der Waals surface area contributed by atoms with E-state index >= 15 is 0 Å². The number of hydrogen-bond acceptors (Lipinski definition) is 1. The van der Waals surface area contributed by atoms with Crippen molar-refractivity contribution in [2.45, 2.75) is 25.9 Å². The van der Waals surface area contributed by atoms with Crippen LogP contribution in [0.25, 0.3) is 0 Å². The summed E-state index contributed by atoms with van der Waals surface area (Å²) < 4.78 is 13.1. The van der Waals surface area contributed by atoms with Gasteiger partial charge in [-0.1, -0.05) is 31.5 Å². The molecule has 0 saturated heterocycles. The van der Waals surface area contributed by atoms with Crippen LogP contribution in [0.2, 0.25) is 0 Å². The van der Waals surface area contributed by atoms with Gasteiger partial charge in [0.2, 0.25) is 0 Å². The summed E-state index contributed by atoms with van der Waals surface area (Å²) in [6, 6.07) is 8.90. The Kier molecular flexibility index (Phi) is 4.11. The Balaban J connectivity index is 2.49. The van der Waals surface area contributed by atoms with E-state index in [9.17, 15) is 9.18 Å². The summed E-state index contributed by atoms with van der Waals surface area (Å²) >= 11 is 0. The third-order valence-electron chi connectivity index (χ3n) is 1.87. The number of benzene rings is 1. The summed E-state index contributed by atoms with van der Waals surface area (Å²) in [6.07, 6.45) is -0.456. The maximum Gasteiger partial charge on any atom is 0.258 e. The Morgan fingerprint density at radius 3 is 2.64 bits per heavy atom. The highest BCUT2D eigenvalue weighted by atomic mass is 19.1. The van der Waals surface area contributed by atoms with E-state index in [1.54, 1.807) is 24.3 Å². The topological polar surface area (TPSA) is 29.1 Å². The van der Waals surface area contributed by atoms with Gasteiger partial charge in [-0.15, -0.1) is 0 Å². The molecule has 0 saturated carbocycles. The summed E-state index contributed by atoms with van der Waals surface area (Å²) in [6.45, 7) is 1.85. The van der Waals surface area contributed by atoms with Gasteiger partial charge in [-0.05, 0) is 18.6 Å². The van der Waals surface area contributed by atoms with Crippen molar-refractivity contribution in [1.82, 2.24) is 0 Å². The molecule has 1 aromatic carbocycles. The fraction of sp³-hybridized carbons (Fsp3) is 0.364. The van der Waals surface area contributed by atoms with Gasteiger partial charge in [-0.25, -0.2) is 4.39 Å². The Bertz CT molecular complexity index is 287. The zero-order chi connectivity index (χ0) is 10.4. The zero-order valence-corrected chi connectivity index (χ0v) is 8.16. The summed E-state index contributed by atoms with van der Waals surface area (Å²) in [5.41, 5.74) is 0.635. The lowest BCUT2D eigenvalue weighted by Crippen LogP contribution is -2.23. The van der Waals surface area contributed by atoms with E-state index in [1.807, 2.05) is 13.0 Å². The van der Waals surface area contributed by atoms with Crippen LogP contribution in [0.3, 0.4) is 0 Å². The molecule has 1 aromatic rings. The summed E-state index contributed by atoms with van der Waals surface area (Å²) in [5, 5.41) is 2.51. The molecular formula is C11H14FNO. The van der Waals surface area contributed by atoms with Crippen molar-refractivity contribution in [3.63, 3.8) is 0 Å². The molecule has 3 heteroatoms. The molecule has 0 fully saturated rings. The van der Waals surface area contributed by atoms with Crippen molar-refractivity contribution in [2.75, 3.05) is 5.32 Å². The van der Waals surface area contributed by atoms with Crippen LogP contribution in [0.5, 0.6) is 0 Å². The van der Waals surface area contributed by atoms with E-state index in [-0.39, 0.29) is 6.42 Å². The average Bonchev–Trinajstić information content (AvgIpc) is 2.19. The number of halogens is 1. The second kappa shape index (κ2) is 5.37. The number of alkyl halides is 1. The molecule has 0 bridgehead atoms. The molecule has 0 aromatic heterocycles. The van der Waals surface area contributed by atoms with Gasteiger partial charge < -0.3 is 5.32 Å². The van der Waals surface area contributed by atoms with E-state index in [1.165, 1.54) is 0 Å². The Labute approximate surface area is 83.1 Å². The number of rotatable bonds is 4. The molecule has 1 N–H and O–H groups in total. The first-order valence-electron chi connectivity index (χ1n) is 4.74. The standard InChI is InChI=1S/C11H14FNO/c1-2-6-10(12)11(14)13-9-7-4-3-5-8-9/h3-5,7-8,10H,2,6H2,1H3,(H,13,14). The molecule has 1 atom stereocenters. The molecule has 1 rings (SSSR count). The molecule has 0 aliphatic carbocycles. The molecule has 0 aliphatic rings. The number of nitrogens with one attached hydrogen (secondary N) is 1. The first-order valence-corrected chi connectivity index (χ1v) is 4.74. The van der Waals surface area contributed by atoms with Crippen molar-refractivity contribution in [2.24, 2.45) is 0 Å². The number of anilines is 1. The molecule has 14 heavy (non-hydrogen) atoms. The van der Waals surface area contributed by atoms with E-state index in [2.05, 4.69) is 5.32 Å². The third kappa shape index (κ3) is 3.17. The molecule has 0 aliphatic heterocycles. The molecule has 2 nitrogen and oxygen atoms in total. The zero-order valence-electron chi connectivity index (χ0n) is 8.16. The van der Waals surface area contributed by atoms with Gasteiger partial charge in [0.25, 0.3) is 5.91 Å². The maximum atomic E-state index is 13.1. The van der Waals surface area contributed by atoms with Gasteiger partial charge in [0, 0.05) is 5.69 Å². The molecule has 0 heterocycles. The van der Waals surface area contributed by atoms with Crippen molar-refractivity contribution >= 4 is 11.6 Å². The van der Waals surface area contributed by atoms with Crippen LogP contribution in [0.1, 0.15) is 19.8 Å². The normalized spacial score (nSPS) is 12.1. The third-order valence-corrected chi connectivity index (χ3v) is 1.87. The maximum absolute atomic E-state index is 13.1. The van der Waals surface area contributed by atoms with Gasteiger partial charge in [-0.2, -0.15) is 0 Å². The summed E-state index contributed by atoms with van der Waals surface area (Å²) in [5.74, 6) is -0.557. The lowest BCUT2D eigenvalue weighted by Gasteiger charge is -2.07. The van der Waals surface area contributed by atoms with Crippen LogP contribution in [-0.4, -0.2) is 12.1 Å².